The van der Waals surface area contributed by atoms with Crippen LogP contribution in [0, 0.1) is 0 Å². The molecule has 1 fully saturated rings. The monoisotopic (exact) mass is 293 g/mol. The van der Waals surface area contributed by atoms with Crippen LogP contribution in [0.1, 0.15) is 45.2 Å². The summed E-state index contributed by atoms with van der Waals surface area (Å²) in [6, 6.07) is 1.01. The van der Waals surface area contributed by atoms with Crippen molar-refractivity contribution in [1.82, 2.24) is 25.2 Å². The molecule has 0 bridgehead atoms. The zero-order valence-electron chi connectivity index (χ0n) is 13.4. The zero-order valence-corrected chi connectivity index (χ0v) is 13.4. The van der Waals surface area contributed by atoms with Gasteiger partial charge in [-0.2, -0.15) is 15.4 Å². The smallest absolute Gasteiger partial charge is 0.222 e. The highest BCUT2D eigenvalue weighted by atomic mass is 16.2. The Morgan fingerprint density at radius 2 is 2.19 bits per heavy atom. The Bertz CT molecular complexity index is 423. The molecule has 0 saturated carbocycles. The number of nitrogens with zero attached hydrogens (tertiary/aromatic N) is 4. The predicted molar refractivity (Wildman–Crippen MR) is 81.8 cm³/mol. The number of H-pyrrole nitrogens is 1. The van der Waals surface area contributed by atoms with E-state index in [4.69, 9.17) is 0 Å². The van der Waals surface area contributed by atoms with E-state index in [1.54, 1.807) is 6.20 Å². The average molecular weight is 293 g/mol. The van der Waals surface area contributed by atoms with Gasteiger partial charge in [0.1, 0.15) is 0 Å². The van der Waals surface area contributed by atoms with Crippen molar-refractivity contribution in [3.8, 4) is 0 Å². The number of aromatic amines is 1. The minimum atomic E-state index is 0.251. The van der Waals surface area contributed by atoms with Crippen molar-refractivity contribution in [3.05, 3.63) is 11.9 Å². The van der Waals surface area contributed by atoms with Crippen molar-refractivity contribution in [1.29, 1.82) is 0 Å². The molecule has 1 aromatic heterocycles. The Hall–Kier alpha value is -1.43. The van der Waals surface area contributed by atoms with Gasteiger partial charge in [-0.25, -0.2) is 0 Å². The maximum Gasteiger partial charge on any atom is 0.222 e. The second kappa shape index (κ2) is 7.54. The van der Waals surface area contributed by atoms with Crippen LogP contribution in [-0.4, -0.2) is 63.3 Å². The number of hydrogen-bond acceptors (Lipinski definition) is 4. The van der Waals surface area contributed by atoms with Crippen LogP contribution in [0.2, 0.25) is 0 Å². The molecule has 0 unspecified atom stereocenters. The fourth-order valence-electron chi connectivity index (χ4n) is 2.94. The molecule has 2 rings (SSSR count). The lowest BCUT2D eigenvalue weighted by atomic mass is 10.0. The van der Waals surface area contributed by atoms with Crippen molar-refractivity contribution in [2.75, 3.05) is 20.1 Å². The first-order chi connectivity index (χ1) is 10.1. The van der Waals surface area contributed by atoms with Crippen molar-refractivity contribution >= 4 is 5.91 Å². The highest BCUT2D eigenvalue weighted by Crippen LogP contribution is 2.18. The minimum Gasteiger partial charge on any atom is -0.343 e. The Morgan fingerprint density at radius 1 is 1.48 bits per heavy atom. The molecular weight excluding hydrogens is 266 g/mol. The van der Waals surface area contributed by atoms with E-state index in [-0.39, 0.29) is 5.91 Å². The van der Waals surface area contributed by atoms with E-state index >= 15 is 0 Å². The van der Waals surface area contributed by atoms with Gasteiger partial charge in [-0.05, 0) is 39.5 Å². The van der Waals surface area contributed by atoms with E-state index in [0.717, 1.165) is 44.5 Å². The van der Waals surface area contributed by atoms with Gasteiger partial charge >= 0.3 is 0 Å². The van der Waals surface area contributed by atoms with E-state index in [1.165, 1.54) is 0 Å². The second-order valence-electron chi connectivity index (χ2n) is 6.18. The van der Waals surface area contributed by atoms with E-state index < -0.39 is 0 Å². The lowest BCUT2D eigenvalue weighted by Gasteiger charge is -2.38. The summed E-state index contributed by atoms with van der Waals surface area (Å²) >= 11 is 0. The molecule has 6 nitrogen and oxygen atoms in total. The Morgan fingerprint density at radius 3 is 2.76 bits per heavy atom. The average Bonchev–Trinajstić information content (AvgIpc) is 2.99. The number of hydrogen-bond donors (Lipinski definition) is 1. The van der Waals surface area contributed by atoms with Crippen LogP contribution < -0.4 is 0 Å². The number of piperidine rings is 1. The van der Waals surface area contributed by atoms with E-state index in [2.05, 4.69) is 34.2 Å². The van der Waals surface area contributed by atoms with E-state index in [1.807, 2.05) is 11.9 Å². The van der Waals surface area contributed by atoms with Gasteiger partial charge in [0.15, 0.2) is 0 Å². The first-order valence-corrected chi connectivity index (χ1v) is 7.92. The molecule has 1 saturated heterocycles. The van der Waals surface area contributed by atoms with Crippen LogP contribution in [0.4, 0.5) is 0 Å². The molecule has 0 atom stereocenters. The quantitative estimate of drug-likeness (QED) is 0.862. The molecule has 0 aliphatic carbocycles. The Labute approximate surface area is 126 Å². The number of likely N-dealkylation sites (tertiary alicyclic amines) is 1. The molecule has 0 radical (unpaired) electrons. The molecule has 2 heterocycles. The summed E-state index contributed by atoms with van der Waals surface area (Å²) in [5, 5.41) is 10.4. The van der Waals surface area contributed by atoms with Gasteiger partial charge in [-0.3, -0.25) is 4.79 Å². The van der Waals surface area contributed by atoms with Crippen molar-refractivity contribution < 1.29 is 4.79 Å². The Kier molecular flexibility index (Phi) is 5.73. The summed E-state index contributed by atoms with van der Waals surface area (Å²) in [5.41, 5.74) is 0.927. The number of aromatic nitrogens is 3. The number of amides is 1. The third-order valence-corrected chi connectivity index (χ3v) is 4.46. The summed E-state index contributed by atoms with van der Waals surface area (Å²) in [6.07, 6.45) is 6.12. The molecule has 1 N–H and O–H groups in total. The van der Waals surface area contributed by atoms with Crippen LogP contribution in [-0.2, 0) is 11.2 Å². The van der Waals surface area contributed by atoms with Crippen LogP contribution >= 0.6 is 0 Å². The van der Waals surface area contributed by atoms with Gasteiger partial charge in [0.05, 0.1) is 11.9 Å². The van der Waals surface area contributed by atoms with E-state index in [0.29, 0.717) is 18.5 Å². The molecule has 1 aromatic rings. The fraction of sp³-hybridized carbons (Fsp3) is 0.800. The first-order valence-electron chi connectivity index (χ1n) is 7.92. The van der Waals surface area contributed by atoms with Gasteiger partial charge in [-0.1, -0.05) is 0 Å². The molecule has 1 aliphatic rings. The van der Waals surface area contributed by atoms with Crippen molar-refractivity contribution in [2.24, 2.45) is 0 Å². The topological polar surface area (TPSA) is 65.1 Å². The number of rotatable bonds is 6. The normalized spacial score (nSPS) is 17.3. The van der Waals surface area contributed by atoms with Gasteiger partial charge in [0.2, 0.25) is 5.91 Å². The molecule has 1 aliphatic heterocycles. The highest BCUT2D eigenvalue weighted by molar-refractivity contribution is 5.76. The number of aryl methyl sites for hydroxylation is 1. The molecule has 0 aromatic carbocycles. The lowest BCUT2D eigenvalue weighted by Crippen LogP contribution is -2.47. The SMILES string of the molecule is CC(C)N1CCC(N(C)C(=O)CCCc2cn[nH]n2)CC1. The molecule has 6 heteroatoms. The van der Waals surface area contributed by atoms with Crippen LogP contribution in [0.5, 0.6) is 0 Å². The van der Waals surface area contributed by atoms with Crippen LogP contribution in [0.15, 0.2) is 6.20 Å². The molecular formula is C15H27N5O. The highest BCUT2D eigenvalue weighted by Gasteiger charge is 2.25. The maximum atomic E-state index is 12.3. The predicted octanol–water partition coefficient (Wildman–Crippen LogP) is 1.46. The van der Waals surface area contributed by atoms with Crippen molar-refractivity contribution in [2.45, 2.75) is 58.0 Å². The van der Waals surface area contributed by atoms with Gasteiger partial charge in [-0.15, -0.1) is 0 Å². The van der Waals surface area contributed by atoms with Gasteiger partial charge in [0.25, 0.3) is 0 Å². The van der Waals surface area contributed by atoms with Crippen molar-refractivity contribution in [3.63, 3.8) is 0 Å². The molecule has 21 heavy (non-hydrogen) atoms. The molecule has 0 spiro atoms. The van der Waals surface area contributed by atoms with Crippen LogP contribution in [0.3, 0.4) is 0 Å². The summed E-state index contributed by atoms with van der Waals surface area (Å²) in [4.78, 5) is 16.7. The zero-order chi connectivity index (χ0) is 15.2. The summed E-state index contributed by atoms with van der Waals surface area (Å²) in [5.74, 6) is 0.251. The van der Waals surface area contributed by atoms with Gasteiger partial charge in [0, 0.05) is 38.6 Å². The third kappa shape index (κ3) is 4.52. The lowest BCUT2D eigenvalue weighted by molar-refractivity contribution is -0.133. The summed E-state index contributed by atoms with van der Waals surface area (Å²) in [6.45, 7) is 6.66. The Balaban J connectivity index is 1.70. The summed E-state index contributed by atoms with van der Waals surface area (Å²) < 4.78 is 0. The third-order valence-electron chi connectivity index (χ3n) is 4.46. The standard InChI is InChI=1S/C15H27N5O/c1-12(2)20-9-7-14(8-10-20)19(3)15(21)6-4-5-13-11-16-18-17-13/h11-12,14H,4-10H2,1-3H3,(H,16,17,18). The fourth-order valence-corrected chi connectivity index (χ4v) is 2.94. The number of nitrogens with one attached hydrogen (secondary N) is 1. The minimum absolute atomic E-state index is 0.251. The molecule has 118 valence electrons. The summed E-state index contributed by atoms with van der Waals surface area (Å²) in [7, 11) is 1.95. The largest absolute Gasteiger partial charge is 0.343 e. The molecule has 1 amide bonds. The maximum absolute atomic E-state index is 12.3. The number of carbonyl (C=O) groups is 1. The van der Waals surface area contributed by atoms with Crippen LogP contribution in [0.25, 0.3) is 0 Å². The second-order valence-corrected chi connectivity index (χ2v) is 6.18. The van der Waals surface area contributed by atoms with Gasteiger partial charge < -0.3 is 9.80 Å². The first kappa shape index (κ1) is 15.9. The van der Waals surface area contributed by atoms with E-state index in [9.17, 15) is 4.79 Å². The number of carbonyl (C=O) groups excluding carboxylic acids is 1.